The van der Waals surface area contributed by atoms with Crippen LogP contribution in [-0.4, -0.2) is 19.9 Å². The van der Waals surface area contributed by atoms with Gasteiger partial charge in [-0.25, -0.2) is 22.5 Å². The lowest BCUT2D eigenvalue weighted by atomic mass is 10.1. The molecule has 0 saturated heterocycles. The third-order valence-corrected chi connectivity index (χ3v) is 5.46. The fourth-order valence-corrected chi connectivity index (χ4v) is 3.73. The molecule has 0 amide bonds. The largest absolute Gasteiger partial charge is 0.446 e. The Labute approximate surface area is 151 Å². The van der Waals surface area contributed by atoms with E-state index < -0.39 is 10.0 Å². The molecule has 2 aromatic carbocycles. The number of hydrogen-bond donors (Lipinski definition) is 1. The van der Waals surface area contributed by atoms with E-state index >= 15 is 0 Å². The minimum Gasteiger partial charge on any atom is -0.446 e. The lowest BCUT2D eigenvalue weighted by Crippen LogP contribution is -2.26. The third-order valence-electron chi connectivity index (χ3n) is 3.99. The maximum atomic E-state index is 13.6. The van der Waals surface area contributed by atoms with Gasteiger partial charge in [0.25, 0.3) is 0 Å². The molecular formula is C19H19FN2O3S. The maximum Gasteiger partial charge on any atom is 0.240 e. The fourth-order valence-electron chi connectivity index (χ4n) is 2.69. The third kappa shape index (κ3) is 4.00. The van der Waals surface area contributed by atoms with Crippen molar-refractivity contribution in [3.63, 3.8) is 0 Å². The first-order valence-corrected chi connectivity index (χ1v) is 9.63. The van der Waals surface area contributed by atoms with Gasteiger partial charge >= 0.3 is 0 Å². The zero-order valence-corrected chi connectivity index (χ0v) is 15.3. The molecule has 0 atom stereocenters. The quantitative estimate of drug-likeness (QED) is 0.715. The summed E-state index contributed by atoms with van der Waals surface area (Å²) in [5.41, 5.74) is 1.95. The molecule has 3 rings (SSSR count). The highest BCUT2D eigenvalue weighted by Gasteiger charge is 2.15. The standard InChI is InChI=1S/C19H19FN2O3S/c1-13-19(22-14(2)25-13)16-7-9-17(10-8-16)26(23,24)21-12-11-15-5-3-4-6-18(15)20/h3-10,21H,11-12H2,1-2H3. The zero-order chi connectivity index (χ0) is 18.7. The number of aryl methyl sites for hydroxylation is 2. The summed E-state index contributed by atoms with van der Waals surface area (Å²) in [6.07, 6.45) is 0.279. The van der Waals surface area contributed by atoms with Crippen molar-refractivity contribution < 1.29 is 17.2 Å². The van der Waals surface area contributed by atoms with E-state index in [0.717, 1.165) is 5.56 Å². The van der Waals surface area contributed by atoms with Crippen LogP contribution >= 0.6 is 0 Å². The summed E-state index contributed by atoms with van der Waals surface area (Å²) >= 11 is 0. The van der Waals surface area contributed by atoms with Gasteiger partial charge in [0.15, 0.2) is 5.89 Å². The number of sulfonamides is 1. The average Bonchev–Trinajstić information content (AvgIpc) is 2.95. The topological polar surface area (TPSA) is 72.2 Å². The Kier molecular flexibility index (Phi) is 5.20. The Balaban J connectivity index is 1.69. The first-order chi connectivity index (χ1) is 12.4. The van der Waals surface area contributed by atoms with Crippen molar-refractivity contribution in [1.29, 1.82) is 0 Å². The number of oxazole rings is 1. The Hall–Kier alpha value is -2.51. The summed E-state index contributed by atoms with van der Waals surface area (Å²) in [7, 11) is -3.66. The van der Waals surface area contributed by atoms with Gasteiger partial charge in [-0.2, -0.15) is 0 Å². The Morgan fingerprint density at radius 2 is 1.77 bits per heavy atom. The number of nitrogens with one attached hydrogen (secondary N) is 1. The molecule has 1 aromatic heterocycles. The molecule has 0 aliphatic heterocycles. The minimum atomic E-state index is -3.66. The number of hydrogen-bond acceptors (Lipinski definition) is 4. The van der Waals surface area contributed by atoms with Gasteiger partial charge in [-0.1, -0.05) is 30.3 Å². The molecule has 0 radical (unpaired) electrons. The van der Waals surface area contributed by atoms with E-state index in [2.05, 4.69) is 9.71 Å². The highest BCUT2D eigenvalue weighted by molar-refractivity contribution is 7.89. The molecule has 26 heavy (non-hydrogen) atoms. The lowest BCUT2D eigenvalue weighted by molar-refractivity contribution is 0.495. The highest BCUT2D eigenvalue weighted by atomic mass is 32.2. The van der Waals surface area contributed by atoms with Crippen molar-refractivity contribution in [2.75, 3.05) is 6.54 Å². The van der Waals surface area contributed by atoms with E-state index in [9.17, 15) is 12.8 Å². The molecule has 5 nitrogen and oxygen atoms in total. The molecule has 136 valence electrons. The first kappa shape index (κ1) is 18.3. The predicted molar refractivity (Wildman–Crippen MR) is 96.7 cm³/mol. The molecule has 3 aromatic rings. The van der Waals surface area contributed by atoms with Gasteiger partial charge in [0, 0.05) is 19.0 Å². The molecule has 0 unspecified atom stereocenters. The second-order valence-corrected chi connectivity index (χ2v) is 7.67. The number of benzene rings is 2. The Morgan fingerprint density at radius 1 is 1.08 bits per heavy atom. The molecule has 0 fully saturated rings. The van der Waals surface area contributed by atoms with Crippen LogP contribution in [0.1, 0.15) is 17.2 Å². The second kappa shape index (κ2) is 7.39. The van der Waals surface area contributed by atoms with E-state index in [-0.39, 0.29) is 23.7 Å². The van der Waals surface area contributed by atoms with Crippen LogP contribution in [-0.2, 0) is 16.4 Å². The van der Waals surface area contributed by atoms with E-state index in [1.54, 1.807) is 37.3 Å². The Bertz CT molecular complexity index is 1010. The van der Waals surface area contributed by atoms with Crippen molar-refractivity contribution in [2.24, 2.45) is 0 Å². The fraction of sp³-hybridized carbons (Fsp3) is 0.211. The van der Waals surface area contributed by atoms with Crippen LogP contribution in [0.15, 0.2) is 57.8 Å². The van der Waals surface area contributed by atoms with E-state index in [4.69, 9.17) is 4.42 Å². The van der Waals surface area contributed by atoms with Crippen LogP contribution in [0.2, 0.25) is 0 Å². The van der Waals surface area contributed by atoms with Crippen LogP contribution in [0.5, 0.6) is 0 Å². The van der Waals surface area contributed by atoms with Crippen molar-refractivity contribution in [3.05, 3.63) is 71.6 Å². The van der Waals surface area contributed by atoms with E-state index in [1.807, 2.05) is 6.92 Å². The maximum absolute atomic E-state index is 13.6. The van der Waals surface area contributed by atoms with Crippen LogP contribution in [0.4, 0.5) is 4.39 Å². The average molecular weight is 374 g/mol. The predicted octanol–water partition coefficient (Wildman–Crippen LogP) is 3.62. The number of nitrogens with zero attached hydrogens (tertiary/aromatic N) is 1. The summed E-state index contributed by atoms with van der Waals surface area (Å²) < 4.78 is 46.3. The monoisotopic (exact) mass is 374 g/mol. The molecule has 0 saturated carbocycles. The molecule has 0 spiro atoms. The summed E-state index contributed by atoms with van der Waals surface area (Å²) in [6, 6.07) is 12.7. The zero-order valence-electron chi connectivity index (χ0n) is 14.5. The van der Waals surface area contributed by atoms with Gasteiger partial charge < -0.3 is 4.42 Å². The molecule has 1 heterocycles. The molecule has 7 heteroatoms. The SMILES string of the molecule is Cc1nc(-c2ccc(S(=O)(=O)NCCc3ccccc3F)cc2)c(C)o1. The van der Waals surface area contributed by atoms with Gasteiger partial charge in [-0.3, -0.25) is 0 Å². The molecular weight excluding hydrogens is 355 g/mol. The summed E-state index contributed by atoms with van der Waals surface area (Å²) in [4.78, 5) is 4.44. The minimum absolute atomic E-state index is 0.118. The van der Waals surface area contributed by atoms with Crippen molar-refractivity contribution >= 4 is 10.0 Å². The smallest absolute Gasteiger partial charge is 0.240 e. The molecule has 1 N–H and O–H groups in total. The molecule has 0 aliphatic carbocycles. The summed E-state index contributed by atoms with van der Waals surface area (Å²) in [5, 5.41) is 0. The van der Waals surface area contributed by atoms with Crippen LogP contribution in [0, 0.1) is 19.7 Å². The first-order valence-electron chi connectivity index (χ1n) is 8.14. The lowest BCUT2D eigenvalue weighted by Gasteiger charge is -2.08. The number of halogens is 1. The van der Waals surface area contributed by atoms with Gasteiger partial charge in [0.1, 0.15) is 17.3 Å². The summed E-state index contributed by atoms with van der Waals surface area (Å²) in [5.74, 6) is 0.902. The van der Waals surface area contributed by atoms with Crippen molar-refractivity contribution in [2.45, 2.75) is 25.2 Å². The molecule has 0 aliphatic rings. The van der Waals surface area contributed by atoms with Crippen molar-refractivity contribution in [1.82, 2.24) is 9.71 Å². The van der Waals surface area contributed by atoms with Crippen LogP contribution < -0.4 is 4.72 Å². The van der Waals surface area contributed by atoms with Gasteiger partial charge in [-0.05, 0) is 37.1 Å². The van der Waals surface area contributed by atoms with Gasteiger partial charge in [-0.15, -0.1) is 0 Å². The molecule has 0 bridgehead atoms. The normalized spacial score (nSPS) is 11.7. The van der Waals surface area contributed by atoms with Crippen LogP contribution in [0.3, 0.4) is 0 Å². The Morgan fingerprint density at radius 3 is 2.38 bits per heavy atom. The summed E-state index contributed by atoms with van der Waals surface area (Å²) in [6.45, 7) is 3.69. The van der Waals surface area contributed by atoms with Crippen LogP contribution in [0.25, 0.3) is 11.3 Å². The number of rotatable bonds is 6. The van der Waals surface area contributed by atoms with E-state index in [1.165, 1.54) is 18.2 Å². The second-order valence-electron chi connectivity index (χ2n) is 5.90. The van der Waals surface area contributed by atoms with Crippen molar-refractivity contribution in [3.8, 4) is 11.3 Å². The highest BCUT2D eigenvalue weighted by Crippen LogP contribution is 2.24. The van der Waals surface area contributed by atoms with E-state index in [0.29, 0.717) is 22.9 Å². The van der Waals surface area contributed by atoms with Gasteiger partial charge in [0.05, 0.1) is 4.90 Å². The number of aromatic nitrogens is 1. The van der Waals surface area contributed by atoms with Gasteiger partial charge in [0.2, 0.25) is 10.0 Å².